The lowest BCUT2D eigenvalue weighted by molar-refractivity contribution is 0.459. The van der Waals surface area contributed by atoms with Crippen LogP contribution in [0.1, 0.15) is 48.5 Å². The highest BCUT2D eigenvalue weighted by Gasteiger charge is 2.24. The number of hydrogen-bond donors (Lipinski definition) is 0. The van der Waals surface area contributed by atoms with Crippen molar-refractivity contribution in [2.75, 3.05) is 0 Å². The molecule has 0 aromatic carbocycles. The Morgan fingerprint density at radius 3 is 1.33 bits per heavy atom. The number of rotatable bonds is 3. The Hall–Kier alpha value is 0.217. The fraction of sp³-hybridized carbons (Fsp3) is 1.00. The monoisotopic (exact) mass is 186 g/mol. The molecule has 0 nitrogen and oxygen atoms in total. The SMILES string of the molecule is CC(C)[SiH](CC(C)(C)C)C(C)C. The van der Waals surface area contributed by atoms with E-state index in [1.165, 1.54) is 6.04 Å². The maximum absolute atomic E-state index is 2.41. The Morgan fingerprint density at radius 1 is 0.917 bits per heavy atom. The van der Waals surface area contributed by atoms with E-state index >= 15 is 0 Å². The third-order valence-corrected chi connectivity index (χ3v) is 7.68. The Bertz CT molecular complexity index is 111. The summed E-state index contributed by atoms with van der Waals surface area (Å²) in [5.74, 6) is 0. The van der Waals surface area contributed by atoms with E-state index in [0.717, 1.165) is 11.1 Å². The molecule has 0 saturated carbocycles. The van der Waals surface area contributed by atoms with Crippen LogP contribution in [-0.2, 0) is 0 Å². The molecule has 0 saturated heterocycles. The maximum Gasteiger partial charge on any atom is 0.0424 e. The summed E-state index contributed by atoms with van der Waals surface area (Å²) in [6, 6.07) is 1.49. The first kappa shape index (κ1) is 12.2. The van der Waals surface area contributed by atoms with Crippen LogP contribution in [0.25, 0.3) is 0 Å². The summed E-state index contributed by atoms with van der Waals surface area (Å²) in [5, 5.41) is 0. The molecule has 0 fully saturated rings. The molecule has 0 heterocycles. The Morgan fingerprint density at radius 2 is 1.25 bits per heavy atom. The first-order valence-electron chi connectivity index (χ1n) is 5.24. The highest BCUT2D eigenvalue weighted by molar-refractivity contribution is 6.61. The summed E-state index contributed by atoms with van der Waals surface area (Å²) in [5.41, 5.74) is 2.47. The standard InChI is InChI=1S/C11H26Si/c1-9(2)12(10(3)4)8-11(5,6)7/h9-10,12H,8H2,1-7H3. The summed E-state index contributed by atoms with van der Waals surface area (Å²) >= 11 is 0. The van der Waals surface area contributed by atoms with Crippen molar-refractivity contribution in [3.8, 4) is 0 Å². The van der Waals surface area contributed by atoms with Gasteiger partial charge in [-0.15, -0.1) is 0 Å². The Labute approximate surface area is 80.4 Å². The van der Waals surface area contributed by atoms with Crippen LogP contribution in [0.5, 0.6) is 0 Å². The van der Waals surface area contributed by atoms with E-state index in [9.17, 15) is 0 Å². The minimum atomic E-state index is -0.505. The van der Waals surface area contributed by atoms with E-state index in [4.69, 9.17) is 0 Å². The lowest BCUT2D eigenvalue weighted by Crippen LogP contribution is -2.26. The molecule has 74 valence electrons. The molecule has 0 N–H and O–H groups in total. The Balaban J connectivity index is 4.15. The summed E-state index contributed by atoms with van der Waals surface area (Å²) in [4.78, 5) is 0. The van der Waals surface area contributed by atoms with E-state index in [-0.39, 0.29) is 0 Å². The number of hydrogen-bond acceptors (Lipinski definition) is 0. The maximum atomic E-state index is 2.41. The molecule has 0 radical (unpaired) electrons. The second-order valence-electron chi connectivity index (χ2n) is 5.92. The second-order valence-corrected chi connectivity index (χ2v) is 10.3. The molecular formula is C11H26Si. The summed E-state index contributed by atoms with van der Waals surface area (Å²) in [7, 11) is -0.505. The average molecular weight is 186 g/mol. The predicted molar refractivity (Wildman–Crippen MR) is 61.6 cm³/mol. The van der Waals surface area contributed by atoms with E-state index in [2.05, 4.69) is 48.5 Å². The molecule has 0 amide bonds. The van der Waals surface area contributed by atoms with Crippen LogP contribution < -0.4 is 0 Å². The lowest BCUT2D eigenvalue weighted by atomic mass is 10.0. The van der Waals surface area contributed by atoms with Crippen molar-refractivity contribution < 1.29 is 0 Å². The van der Waals surface area contributed by atoms with Crippen molar-refractivity contribution in [1.82, 2.24) is 0 Å². The minimum Gasteiger partial charge on any atom is -0.0654 e. The van der Waals surface area contributed by atoms with Gasteiger partial charge in [-0.05, 0) is 5.41 Å². The molecule has 0 spiro atoms. The molecule has 12 heavy (non-hydrogen) atoms. The van der Waals surface area contributed by atoms with E-state index in [0.29, 0.717) is 5.41 Å². The third-order valence-electron chi connectivity index (χ3n) is 2.56. The van der Waals surface area contributed by atoms with Gasteiger partial charge in [0, 0.05) is 8.80 Å². The molecule has 0 bridgehead atoms. The molecule has 0 unspecified atom stereocenters. The van der Waals surface area contributed by atoms with Gasteiger partial charge in [0.15, 0.2) is 0 Å². The van der Waals surface area contributed by atoms with Gasteiger partial charge in [-0.2, -0.15) is 0 Å². The molecule has 1 heteroatoms. The van der Waals surface area contributed by atoms with Crippen LogP contribution in [0.4, 0.5) is 0 Å². The highest BCUT2D eigenvalue weighted by atomic mass is 28.3. The average Bonchev–Trinajstić information content (AvgIpc) is 1.79. The van der Waals surface area contributed by atoms with Gasteiger partial charge in [-0.3, -0.25) is 0 Å². The fourth-order valence-electron chi connectivity index (χ4n) is 1.95. The highest BCUT2D eigenvalue weighted by Crippen LogP contribution is 2.32. The molecule has 0 aromatic heterocycles. The summed E-state index contributed by atoms with van der Waals surface area (Å²) in [6.45, 7) is 16.7. The lowest BCUT2D eigenvalue weighted by Gasteiger charge is -2.30. The van der Waals surface area contributed by atoms with Crippen LogP contribution in [0, 0.1) is 5.41 Å². The molecule has 0 aromatic rings. The van der Waals surface area contributed by atoms with Gasteiger partial charge >= 0.3 is 0 Å². The smallest absolute Gasteiger partial charge is 0.0424 e. The Kier molecular flexibility index (Phi) is 4.53. The first-order chi connectivity index (χ1) is 5.24. The zero-order chi connectivity index (χ0) is 9.94. The zero-order valence-electron chi connectivity index (χ0n) is 9.94. The fourth-order valence-corrected chi connectivity index (χ4v) is 5.84. The molecular weight excluding hydrogens is 160 g/mol. The van der Waals surface area contributed by atoms with Crippen molar-refractivity contribution in [2.24, 2.45) is 5.41 Å². The van der Waals surface area contributed by atoms with E-state index < -0.39 is 8.80 Å². The first-order valence-corrected chi connectivity index (χ1v) is 7.39. The summed E-state index contributed by atoms with van der Waals surface area (Å²) in [6.07, 6.45) is 0. The van der Waals surface area contributed by atoms with Crippen LogP contribution in [-0.4, -0.2) is 8.80 Å². The van der Waals surface area contributed by atoms with Crippen LogP contribution in [0.3, 0.4) is 0 Å². The van der Waals surface area contributed by atoms with Gasteiger partial charge in [0.05, 0.1) is 0 Å². The predicted octanol–water partition coefficient (Wildman–Crippen LogP) is 4.08. The quantitative estimate of drug-likeness (QED) is 0.583. The van der Waals surface area contributed by atoms with Crippen molar-refractivity contribution in [3.05, 3.63) is 0 Å². The molecule has 0 aliphatic heterocycles. The normalized spacial score (nSPS) is 13.5. The van der Waals surface area contributed by atoms with Crippen LogP contribution in [0.15, 0.2) is 0 Å². The van der Waals surface area contributed by atoms with Crippen molar-refractivity contribution in [1.29, 1.82) is 0 Å². The molecule has 0 aliphatic carbocycles. The minimum absolute atomic E-state index is 0.505. The second kappa shape index (κ2) is 4.45. The van der Waals surface area contributed by atoms with E-state index in [1.54, 1.807) is 0 Å². The molecule has 0 rings (SSSR count). The van der Waals surface area contributed by atoms with Gasteiger partial charge < -0.3 is 0 Å². The molecule has 0 aliphatic rings. The van der Waals surface area contributed by atoms with Crippen molar-refractivity contribution in [2.45, 2.75) is 65.6 Å². The third kappa shape index (κ3) is 4.97. The van der Waals surface area contributed by atoms with Gasteiger partial charge in [0.25, 0.3) is 0 Å². The van der Waals surface area contributed by atoms with Gasteiger partial charge in [0.1, 0.15) is 0 Å². The van der Waals surface area contributed by atoms with Gasteiger partial charge in [-0.1, -0.05) is 65.6 Å². The van der Waals surface area contributed by atoms with Crippen molar-refractivity contribution >= 4 is 8.80 Å². The zero-order valence-corrected chi connectivity index (χ0v) is 11.1. The van der Waals surface area contributed by atoms with Crippen molar-refractivity contribution in [3.63, 3.8) is 0 Å². The largest absolute Gasteiger partial charge is 0.0654 e. The van der Waals surface area contributed by atoms with E-state index in [1.807, 2.05) is 0 Å². The van der Waals surface area contributed by atoms with Crippen LogP contribution in [0.2, 0.25) is 17.1 Å². The summed E-state index contributed by atoms with van der Waals surface area (Å²) < 4.78 is 0. The van der Waals surface area contributed by atoms with Gasteiger partial charge in [-0.25, -0.2) is 0 Å². The van der Waals surface area contributed by atoms with Gasteiger partial charge in [0.2, 0.25) is 0 Å². The topological polar surface area (TPSA) is 0 Å². The van der Waals surface area contributed by atoms with Crippen LogP contribution >= 0.6 is 0 Å². The molecule has 0 atom stereocenters.